The number of anilines is 1. The number of carbonyl (C=O) groups excluding carboxylic acids is 1. The summed E-state index contributed by atoms with van der Waals surface area (Å²) in [7, 11) is 1.96. The van der Waals surface area contributed by atoms with Crippen LogP contribution in [0.3, 0.4) is 0 Å². The molecule has 0 aliphatic carbocycles. The van der Waals surface area contributed by atoms with Crippen molar-refractivity contribution in [2.24, 2.45) is 0 Å². The summed E-state index contributed by atoms with van der Waals surface area (Å²) in [6.07, 6.45) is 0. The summed E-state index contributed by atoms with van der Waals surface area (Å²) in [6, 6.07) is 16.2. The van der Waals surface area contributed by atoms with E-state index >= 15 is 0 Å². The number of nitrogens with one attached hydrogen (secondary N) is 1. The Bertz CT molecular complexity index is 768. The van der Waals surface area contributed by atoms with Crippen molar-refractivity contribution in [3.05, 3.63) is 64.9 Å². The first-order chi connectivity index (χ1) is 10.7. The van der Waals surface area contributed by atoms with Crippen molar-refractivity contribution in [1.82, 2.24) is 4.90 Å². The first-order valence-electron chi connectivity index (χ1n) is 7.19. The van der Waals surface area contributed by atoms with E-state index < -0.39 is 0 Å². The van der Waals surface area contributed by atoms with Crippen LogP contribution in [0.1, 0.15) is 5.56 Å². The average molecular weight is 310 g/mol. The summed E-state index contributed by atoms with van der Waals surface area (Å²) >= 11 is 1.68. The van der Waals surface area contributed by atoms with Gasteiger partial charge in [0.1, 0.15) is 0 Å². The number of hydrogen-bond acceptors (Lipinski definition) is 3. The van der Waals surface area contributed by atoms with Crippen LogP contribution in [0.5, 0.6) is 0 Å². The van der Waals surface area contributed by atoms with E-state index in [0.717, 1.165) is 17.6 Å². The van der Waals surface area contributed by atoms with E-state index in [-0.39, 0.29) is 5.91 Å². The van der Waals surface area contributed by atoms with E-state index in [1.54, 1.807) is 11.3 Å². The maximum absolute atomic E-state index is 12.1. The average Bonchev–Trinajstić information content (AvgIpc) is 2.99. The van der Waals surface area contributed by atoms with Crippen LogP contribution in [0.25, 0.3) is 10.8 Å². The highest BCUT2D eigenvalue weighted by molar-refractivity contribution is 7.07. The van der Waals surface area contributed by atoms with Crippen LogP contribution in [-0.2, 0) is 11.3 Å². The van der Waals surface area contributed by atoms with E-state index in [1.165, 1.54) is 10.9 Å². The number of nitrogens with zero attached hydrogens (tertiary/aromatic N) is 1. The molecule has 1 aromatic heterocycles. The van der Waals surface area contributed by atoms with E-state index in [0.29, 0.717) is 6.54 Å². The van der Waals surface area contributed by atoms with E-state index in [4.69, 9.17) is 0 Å². The summed E-state index contributed by atoms with van der Waals surface area (Å²) in [6.45, 7) is 1.16. The maximum atomic E-state index is 12.1. The van der Waals surface area contributed by atoms with E-state index in [2.05, 4.69) is 28.2 Å². The SMILES string of the molecule is CN(CC(=O)Nc1ccc2ccccc2c1)Cc1ccsc1. The van der Waals surface area contributed by atoms with Crippen LogP contribution < -0.4 is 5.32 Å². The smallest absolute Gasteiger partial charge is 0.238 e. The molecule has 112 valence electrons. The van der Waals surface area contributed by atoms with Gasteiger partial charge in [-0.3, -0.25) is 9.69 Å². The minimum Gasteiger partial charge on any atom is -0.325 e. The molecule has 4 heteroatoms. The molecule has 0 aliphatic heterocycles. The zero-order chi connectivity index (χ0) is 15.4. The minimum atomic E-state index is 0.00742. The second-order valence-corrected chi connectivity index (χ2v) is 6.19. The van der Waals surface area contributed by atoms with E-state index in [9.17, 15) is 4.79 Å². The molecule has 0 fully saturated rings. The van der Waals surface area contributed by atoms with Gasteiger partial charge >= 0.3 is 0 Å². The van der Waals surface area contributed by atoms with Crippen molar-refractivity contribution in [2.75, 3.05) is 18.9 Å². The highest BCUT2D eigenvalue weighted by Gasteiger charge is 2.08. The third-order valence-corrected chi connectivity index (χ3v) is 4.21. The highest BCUT2D eigenvalue weighted by atomic mass is 32.1. The molecule has 0 bridgehead atoms. The number of carbonyl (C=O) groups is 1. The quantitative estimate of drug-likeness (QED) is 0.773. The third-order valence-electron chi connectivity index (χ3n) is 3.48. The molecule has 1 N–H and O–H groups in total. The van der Waals surface area contributed by atoms with Crippen LogP contribution >= 0.6 is 11.3 Å². The Balaban J connectivity index is 1.60. The van der Waals surface area contributed by atoms with Crippen LogP contribution in [0.2, 0.25) is 0 Å². The summed E-state index contributed by atoms with van der Waals surface area (Å²) in [5.41, 5.74) is 2.08. The van der Waals surface area contributed by atoms with Gasteiger partial charge in [0.2, 0.25) is 5.91 Å². The molecule has 0 unspecified atom stereocenters. The van der Waals surface area contributed by atoms with Crippen LogP contribution in [-0.4, -0.2) is 24.4 Å². The Morgan fingerprint density at radius 3 is 2.73 bits per heavy atom. The largest absolute Gasteiger partial charge is 0.325 e. The fourth-order valence-corrected chi connectivity index (χ4v) is 3.12. The fourth-order valence-electron chi connectivity index (χ4n) is 2.46. The maximum Gasteiger partial charge on any atom is 0.238 e. The van der Waals surface area contributed by atoms with Crippen LogP contribution in [0, 0.1) is 0 Å². The number of amides is 1. The van der Waals surface area contributed by atoms with Gasteiger partial charge in [-0.15, -0.1) is 0 Å². The molecule has 0 atom stereocenters. The highest BCUT2D eigenvalue weighted by Crippen LogP contribution is 2.18. The van der Waals surface area contributed by atoms with Gasteiger partial charge in [-0.1, -0.05) is 30.3 Å². The van der Waals surface area contributed by atoms with Crippen molar-refractivity contribution in [3.63, 3.8) is 0 Å². The second-order valence-electron chi connectivity index (χ2n) is 5.41. The molecule has 1 heterocycles. The van der Waals surface area contributed by atoms with Gasteiger partial charge in [0.25, 0.3) is 0 Å². The Hall–Kier alpha value is -2.17. The van der Waals surface area contributed by atoms with Crippen LogP contribution in [0.4, 0.5) is 5.69 Å². The van der Waals surface area contributed by atoms with Gasteiger partial charge < -0.3 is 5.32 Å². The Labute approximate surface area is 134 Å². The van der Waals surface area contributed by atoms with Gasteiger partial charge in [0, 0.05) is 12.2 Å². The van der Waals surface area contributed by atoms with Gasteiger partial charge in [-0.2, -0.15) is 11.3 Å². The lowest BCUT2D eigenvalue weighted by Gasteiger charge is -2.15. The lowest BCUT2D eigenvalue weighted by molar-refractivity contribution is -0.117. The number of thiophene rings is 1. The van der Waals surface area contributed by atoms with Crippen molar-refractivity contribution < 1.29 is 4.79 Å². The zero-order valence-corrected chi connectivity index (χ0v) is 13.3. The topological polar surface area (TPSA) is 32.3 Å². The molecule has 3 rings (SSSR count). The van der Waals surface area contributed by atoms with Crippen molar-refractivity contribution in [1.29, 1.82) is 0 Å². The monoisotopic (exact) mass is 310 g/mol. The molecule has 0 spiro atoms. The van der Waals surface area contributed by atoms with Crippen molar-refractivity contribution in [3.8, 4) is 0 Å². The van der Waals surface area contributed by atoms with Crippen molar-refractivity contribution >= 4 is 33.7 Å². The zero-order valence-electron chi connectivity index (χ0n) is 12.5. The molecule has 1 amide bonds. The number of benzene rings is 2. The lowest BCUT2D eigenvalue weighted by atomic mass is 10.1. The predicted molar refractivity (Wildman–Crippen MR) is 93.2 cm³/mol. The molecule has 22 heavy (non-hydrogen) atoms. The fraction of sp³-hybridized carbons (Fsp3) is 0.167. The molecular formula is C18H18N2OS. The van der Waals surface area contributed by atoms with Gasteiger partial charge in [-0.25, -0.2) is 0 Å². The van der Waals surface area contributed by atoms with Gasteiger partial charge in [0.15, 0.2) is 0 Å². The number of rotatable bonds is 5. The molecule has 0 aliphatic rings. The minimum absolute atomic E-state index is 0.00742. The van der Waals surface area contributed by atoms with Crippen molar-refractivity contribution in [2.45, 2.75) is 6.54 Å². The first kappa shape index (κ1) is 14.8. The summed E-state index contributed by atoms with van der Waals surface area (Å²) in [5, 5.41) is 9.44. The van der Waals surface area contributed by atoms with Gasteiger partial charge in [-0.05, 0) is 52.3 Å². The molecule has 0 radical (unpaired) electrons. The van der Waals surface area contributed by atoms with Crippen LogP contribution in [0.15, 0.2) is 59.3 Å². The summed E-state index contributed by atoms with van der Waals surface area (Å²) < 4.78 is 0. The summed E-state index contributed by atoms with van der Waals surface area (Å²) in [5.74, 6) is 0.00742. The molecule has 0 saturated carbocycles. The standard InChI is InChI=1S/C18H18N2OS/c1-20(11-14-8-9-22-13-14)12-18(21)19-17-7-6-15-4-2-3-5-16(15)10-17/h2-10,13H,11-12H2,1H3,(H,19,21). The Morgan fingerprint density at radius 2 is 1.95 bits per heavy atom. The normalized spacial score (nSPS) is 11.0. The second kappa shape index (κ2) is 6.73. The number of likely N-dealkylation sites (N-methyl/N-ethyl adjacent to an activating group) is 1. The Morgan fingerprint density at radius 1 is 1.14 bits per heavy atom. The lowest BCUT2D eigenvalue weighted by Crippen LogP contribution is -2.29. The number of fused-ring (bicyclic) bond motifs is 1. The van der Waals surface area contributed by atoms with E-state index in [1.807, 2.05) is 48.3 Å². The Kier molecular flexibility index (Phi) is 4.51. The molecule has 0 saturated heterocycles. The number of hydrogen-bond donors (Lipinski definition) is 1. The molecular weight excluding hydrogens is 292 g/mol. The summed E-state index contributed by atoms with van der Waals surface area (Å²) in [4.78, 5) is 14.1. The molecule has 3 aromatic rings. The predicted octanol–water partition coefficient (Wildman–Crippen LogP) is 3.97. The first-order valence-corrected chi connectivity index (χ1v) is 8.13. The molecule has 3 nitrogen and oxygen atoms in total. The van der Waals surface area contributed by atoms with Gasteiger partial charge in [0.05, 0.1) is 6.54 Å². The third kappa shape index (κ3) is 3.72. The molecule has 2 aromatic carbocycles.